The monoisotopic (exact) mass is 685 g/mol. The summed E-state index contributed by atoms with van der Waals surface area (Å²) in [6.07, 6.45) is 10.8. The molecule has 4 rings (SSSR count). The third-order valence-electron chi connectivity index (χ3n) is 9.76. The highest BCUT2D eigenvalue weighted by Gasteiger charge is 2.65. The molecule has 0 aromatic heterocycles. The first-order chi connectivity index (χ1) is 23.9. The quantitative estimate of drug-likeness (QED) is 0.0850. The van der Waals surface area contributed by atoms with E-state index in [0.717, 1.165) is 42.5 Å². The van der Waals surface area contributed by atoms with Crippen molar-refractivity contribution in [3.05, 3.63) is 60.7 Å². The molecule has 1 heterocycles. The Morgan fingerprint density at radius 1 is 1.08 bits per heavy atom. The summed E-state index contributed by atoms with van der Waals surface area (Å²) in [7, 11) is 3.25. The maximum atomic E-state index is 13.7. The van der Waals surface area contributed by atoms with Crippen LogP contribution >= 0.6 is 0 Å². The number of carbonyl (C=O) groups excluding carboxylic acids is 1. The van der Waals surface area contributed by atoms with Crippen molar-refractivity contribution >= 4 is 11.7 Å². The maximum absolute atomic E-state index is 13.7. The molecule has 4 N–H and O–H groups in total. The zero-order valence-electron chi connectivity index (χ0n) is 29.1. The number of hydrogen-bond donors (Lipinski definition) is 4. The van der Waals surface area contributed by atoms with Crippen molar-refractivity contribution in [3.63, 3.8) is 0 Å². The van der Waals surface area contributed by atoms with Crippen LogP contribution in [0.4, 0.5) is 4.79 Å². The number of benzene rings is 1. The van der Waals surface area contributed by atoms with Gasteiger partial charge < -0.3 is 49.3 Å². The summed E-state index contributed by atoms with van der Waals surface area (Å²) in [6, 6.07) is 4.88. The Morgan fingerprint density at radius 3 is 2.53 bits per heavy atom. The van der Waals surface area contributed by atoms with Crippen molar-refractivity contribution in [2.24, 2.45) is 22.9 Å². The SMILES string of the molecule is C=CCOc1ccc2c(c1)[C@H]1[C@H](CCCCO)[C@@H](CCCCO)C=C3C(=NOC)C[C@H](N(C)C(=O)NCCOCCO)[C@@](OCC=C)(O2)[C@H]31. The Labute approximate surface area is 290 Å². The van der Waals surface area contributed by atoms with E-state index in [1.807, 2.05) is 18.2 Å². The largest absolute Gasteiger partial charge is 0.490 e. The van der Waals surface area contributed by atoms with Gasteiger partial charge in [-0.15, -0.1) is 6.58 Å². The zero-order valence-corrected chi connectivity index (χ0v) is 29.1. The van der Waals surface area contributed by atoms with E-state index in [4.69, 9.17) is 28.9 Å². The van der Waals surface area contributed by atoms with E-state index < -0.39 is 17.7 Å². The van der Waals surface area contributed by atoms with Gasteiger partial charge in [0, 0.05) is 44.7 Å². The molecule has 1 aromatic rings. The number of amides is 2. The van der Waals surface area contributed by atoms with Gasteiger partial charge in [0.2, 0.25) is 5.79 Å². The number of urea groups is 1. The van der Waals surface area contributed by atoms with Crippen LogP contribution < -0.4 is 14.8 Å². The molecule has 0 saturated heterocycles. The predicted molar refractivity (Wildman–Crippen MR) is 187 cm³/mol. The number of nitrogens with zero attached hydrogens (tertiary/aromatic N) is 2. The number of unbranched alkanes of at least 4 members (excludes halogenated alkanes) is 2. The minimum Gasteiger partial charge on any atom is -0.490 e. The summed E-state index contributed by atoms with van der Waals surface area (Å²) in [6.45, 7) is 9.12. The van der Waals surface area contributed by atoms with Crippen molar-refractivity contribution in [2.45, 2.75) is 62.7 Å². The number of likely N-dealkylation sites (N-methyl/N-ethyl adjacent to an activating group) is 1. The van der Waals surface area contributed by atoms with E-state index in [-0.39, 0.29) is 70.0 Å². The van der Waals surface area contributed by atoms with Crippen molar-refractivity contribution < 1.29 is 43.9 Å². The molecule has 3 aliphatic rings. The van der Waals surface area contributed by atoms with Crippen LogP contribution in [0.15, 0.2) is 60.3 Å². The number of oxime groups is 1. The highest BCUT2D eigenvalue weighted by atomic mass is 16.7. The fourth-order valence-corrected chi connectivity index (χ4v) is 7.75. The molecule has 2 amide bonds. The number of allylic oxidation sites excluding steroid dienone is 1. The Bertz CT molecular complexity index is 1300. The van der Waals surface area contributed by atoms with Gasteiger partial charge >= 0.3 is 6.03 Å². The molecular weight excluding hydrogens is 630 g/mol. The van der Waals surface area contributed by atoms with Gasteiger partial charge in [-0.3, -0.25) is 0 Å². The topological polar surface area (TPSA) is 152 Å². The molecule has 49 heavy (non-hydrogen) atoms. The lowest BCUT2D eigenvalue weighted by molar-refractivity contribution is -0.252. The lowest BCUT2D eigenvalue weighted by Crippen LogP contribution is -2.70. The lowest BCUT2D eigenvalue weighted by atomic mass is 9.55. The van der Waals surface area contributed by atoms with Gasteiger partial charge in [0.05, 0.1) is 38.1 Å². The number of carbonyl (C=O) groups is 1. The van der Waals surface area contributed by atoms with Crippen LogP contribution in [-0.2, 0) is 14.3 Å². The van der Waals surface area contributed by atoms with Crippen LogP contribution in [0.3, 0.4) is 0 Å². The highest BCUT2D eigenvalue weighted by Crippen LogP contribution is 2.61. The van der Waals surface area contributed by atoms with E-state index in [1.54, 1.807) is 24.1 Å². The van der Waals surface area contributed by atoms with Gasteiger partial charge in [-0.05, 0) is 61.3 Å². The molecule has 0 spiro atoms. The predicted octanol–water partition coefficient (Wildman–Crippen LogP) is 4.17. The Kier molecular flexibility index (Phi) is 15.0. The van der Waals surface area contributed by atoms with Crippen LogP contribution in [0.5, 0.6) is 11.5 Å². The molecule has 12 nitrogen and oxygen atoms in total. The Morgan fingerprint density at radius 2 is 1.84 bits per heavy atom. The minimum absolute atomic E-state index is 0.0942. The van der Waals surface area contributed by atoms with E-state index in [1.165, 1.54) is 7.11 Å². The fourth-order valence-electron chi connectivity index (χ4n) is 7.75. The van der Waals surface area contributed by atoms with Crippen LogP contribution in [0.25, 0.3) is 0 Å². The van der Waals surface area contributed by atoms with Crippen molar-refractivity contribution in [3.8, 4) is 11.5 Å². The van der Waals surface area contributed by atoms with Crippen LogP contribution in [-0.4, -0.2) is 111 Å². The fraction of sp³-hybridized carbons (Fsp3) is 0.622. The van der Waals surface area contributed by atoms with E-state index >= 15 is 0 Å². The molecule has 0 bridgehead atoms. The van der Waals surface area contributed by atoms with Gasteiger partial charge in [0.25, 0.3) is 0 Å². The average molecular weight is 686 g/mol. The van der Waals surface area contributed by atoms with Crippen molar-refractivity contribution in [1.29, 1.82) is 0 Å². The Balaban J connectivity index is 1.91. The summed E-state index contributed by atoms with van der Waals surface area (Å²) in [5, 5.41) is 35.9. The second kappa shape index (κ2) is 19.1. The second-order valence-corrected chi connectivity index (χ2v) is 12.7. The molecule has 0 radical (unpaired) electrons. The van der Waals surface area contributed by atoms with Crippen molar-refractivity contribution in [1.82, 2.24) is 10.2 Å². The first kappa shape index (κ1) is 38.4. The molecule has 0 unspecified atom stereocenters. The number of aliphatic hydroxyl groups is 3. The molecule has 1 aliphatic heterocycles. The molecule has 272 valence electrons. The third-order valence-corrected chi connectivity index (χ3v) is 9.76. The standard InChI is InChI=1S/C37H55N3O9/c1-5-19-47-27-13-14-32-30(24-27)34-28(12-8-10-17-42)26(11-7-9-16-41)23-29-31(39-45-4)25-33(37(49-32,35(29)34)48-20-6-2)40(3)36(44)38-15-21-46-22-18-43/h5-6,13-14,23-24,26,28,33-35,41-43H,1-2,7-12,15-22,25H2,3-4H3,(H,38,44)/t26-,28+,33-,34+,35+,37+/m0/s1. The van der Waals surface area contributed by atoms with Gasteiger partial charge in [-0.1, -0.05) is 42.8 Å². The van der Waals surface area contributed by atoms with Crippen LogP contribution in [0.2, 0.25) is 0 Å². The number of rotatable bonds is 21. The van der Waals surface area contributed by atoms with Gasteiger partial charge in [0.1, 0.15) is 31.3 Å². The molecule has 1 fully saturated rings. The minimum atomic E-state index is -1.32. The summed E-state index contributed by atoms with van der Waals surface area (Å²) in [4.78, 5) is 20.8. The highest BCUT2D eigenvalue weighted by molar-refractivity contribution is 6.03. The van der Waals surface area contributed by atoms with E-state index in [0.29, 0.717) is 37.4 Å². The second-order valence-electron chi connectivity index (χ2n) is 12.7. The molecule has 2 aliphatic carbocycles. The molecule has 1 saturated carbocycles. The molecular formula is C37H55N3O9. The number of nitrogens with one attached hydrogen (secondary N) is 1. The molecule has 12 heteroatoms. The van der Waals surface area contributed by atoms with Gasteiger partial charge in [0.15, 0.2) is 0 Å². The summed E-state index contributed by atoms with van der Waals surface area (Å²) >= 11 is 0. The van der Waals surface area contributed by atoms with Gasteiger partial charge in [-0.25, -0.2) is 4.79 Å². The molecule has 6 atom stereocenters. The van der Waals surface area contributed by atoms with Crippen LogP contribution in [0, 0.1) is 17.8 Å². The lowest BCUT2D eigenvalue weighted by Gasteiger charge is -2.59. The smallest absolute Gasteiger partial charge is 0.317 e. The average Bonchev–Trinajstić information content (AvgIpc) is 3.11. The third kappa shape index (κ3) is 8.85. The van der Waals surface area contributed by atoms with Crippen LogP contribution in [0.1, 0.15) is 56.4 Å². The number of fused-ring (bicyclic) bond motifs is 2. The summed E-state index contributed by atoms with van der Waals surface area (Å²) in [5.74, 6) is -0.234. The maximum Gasteiger partial charge on any atom is 0.317 e. The Hall–Kier alpha value is -3.42. The number of aliphatic hydroxyl groups excluding tert-OH is 3. The van der Waals surface area contributed by atoms with E-state index in [9.17, 15) is 15.0 Å². The zero-order chi connectivity index (χ0) is 35.2. The normalized spacial score (nSPS) is 26.1. The van der Waals surface area contributed by atoms with E-state index in [2.05, 4.69) is 29.7 Å². The first-order valence-electron chi connectivity index (χ1n) is 17.4. The van der Waals surface area contributed by atoms with Gasteiger partial charge in [-0.2, -0.15) is 0 Å². The molecule has 1 aromatic carbocycles. The first-order valence-corrected chi connectivity index (χ1v) is 17.4. The summed E-state index contributed by atoms with van der Waals surface area (Å²) < 4.78 is 25.3. The number of ether oxygens (including phenoxy) is 4. The summed E-state index contributed by atoms with van der Waals surface area (Å²) in [5.41, 5.74) is 2.67. The number of hydrogen-bond acceptors (Lipinski definition) is 10. The van der Waals surface area contributed by atoms with Crippen molar-refractivity contribution in [2.75, 3.05) is 67.0 Å².